The minimum atomic E-state index is -5.97. The molecule has 0 amide bonds. The van der Waals surface area contributed by atoms with Crippen LogP contribution in [0.4, 0.5) is 17.6 Å². The van der Waals surface area contributed by atoms with Crippen molar-refractivity contribution >= 4 is 118 Å². The normalized spacial score (nSPS) is 11.3. The van der Waals surface area contributed by atoms with E-state index in [0.29, 0.717) is 7.14 Å². The Labute approximate surface area is 241 Å². The van der Waals surface area contributed by atoms with Gasteiger partial charge in [0.25, 0.3) is 0 Å². The Morgan fingerprint density at radius 1 is 0.824 bits per heavy atom. The number of aromatic carboxylic acids is 1. The third-order valence-electron chi connectivity index (χ3n) is 3.65. The van der Waals surface area contributed by atoms with E-state index < -0.39 is 79.7 Å². The van der Waals surface area contributed by atoms with Gasteiger partial charge in [0, 0.05) is 14.3 Å². The SMILES string of the molecule is O=C(COC(=O)c1c(I)c(I)c(I)c(I)c1C(=O)O)Oc1c(F)c(F)c(S(=O)(=O)[O-])c(F)c1F. The molecule has 9 nitrogen and oxygen atoms in total. The highest BCUT2D eigenvalue weighted by Gasteiger charge is 2.32. The molecule has 2 aromatic rings. The number of carbonyl (C=O) groups is 3. The lowest BCUT2D eigenvalue weighted by molar-refractivity contribution is -0.138. The summed E-state index contributed by atoms with van der Waals surface area (Å²) in [6, 6.07) is 0. The highest BCUT2D eigenvalue weighted by Crippen LogP contribution is 2.34. The van der Waals surface area contributed by atoms with Gasteiger partial charge in [0.1, 0.15) is 15.0 Å². The van der Waals surface area contributed by atoms with E-state index in [9.17, 15) is 50.0 Å². The zero-order valence-electron chi connectivity index (χ0n) is 15.4. The van der Waals surface area contributed by atoms with Crippen LogP contribution in [0.25, 0.3) is 0 Å². The summed E-state index contributed by atoms with van der Waals surface area (Å²) in [6.45, 7) is -1.39. The van der Waals surface area contributed by atoms with Crippen molar-refractivity contribution in [2.75, 3.05) is 6.61 Å². The fourth-order valence-electron chi connectivity index (χ4n) is 2.26. The number of carboxylic acid groups (broad SMARTS) is 1. The van der Waals surface area contributed by atoms with Crippen LogP contribution >= 0.6 is 90.4 Å². The first kappa shape index (κ1) is 29.6. The Hall–Kier alpha value is -0.600. The number of hydrogen-bond donors (Lipinski definition) is 1. The van der Waals surface area contributed by atoms with E-state index in [0.717, 1.165) is 0 Å². The maximum atomic E-state index is 13.9. The monoisotopic (exact) mass is 955 g/mol. The van der Waals surface area contributed by atoms with Crippen LogP contribution in [0.1, 0.15) is 20.7 Å². The number of carbonyl (C=O) groups excluding carboxylic acids is 2. The lowest BCUT2D eigenvalue weighted by Gasteiger charge is -2.15. The number of carboxylic acids is 1. The zero-order chi connectivity index (χ0) is 26.3. The molecule has 0 unspecified atom stereocenters. The van der Waals surface area contributed by atoms with Gasteiger partial charge in [0.15, 0.2) is 18.2 Å². The van der Waals surface area contributed by atoms with E-state index in [4.69, 9.17) is 0 Å². The average Bonchev–Trinajstić information content (AvgIpc) is 2.73. The summed E-state index contributed by atoms with van der Waals surface area (Å²) >= 11 is 7.05. The molecule has 0 radical (unpaired) electrons. The van der Waals surface area contributed by atoms with Gasteiger partial charge in [-0.2, -0.15) is 8.78 Å². The molecule has 0 fully saturated rings. The van der Waals surface area contributed by atoms with Gasteiger partial charge in [0.05, 0.1) is 11.1 Å². The second-order valence-corrected chi connectivity index (χ2v) is 11.4. The Morgan fingerprint density at radius 3 is 1.68 bits per heavy atom. The molecule has 18 heteroatoms. The molecule has 1 N–H and O–H groups in total. The first-order chi connectivity index (χ1) is 15.5. The quantitative estimate of drug-likeness (QED) is 0.0864. The third kappa shape index (κ3) is 5.86. The van der Waals surface area contributed by atoms with Gasteiger partial charge in [0.2, 0.25) is 17.4 Å². The van der Waals surface area contributed by atoms with Gasteiger partial charge >= 0.3 is 17.9 Å². The number of hydrogen-bond acceptors (Lipinski definition) is 8. The molecule has 34 heavy (non-hydrogen) atoms. The summed E-state index contributed by atoms with van der Waals surface area (Å²) in [7, 11) is -5.97. The van der Waals surface area contributed by atoms with E-state index in [2.05, 4.69) is 9.47 Å². The lowest BCUT2D eigenvalue weighted by atomic mass is 10.1. The molecule has 2 rings (SSSR count). The molecule has 0 heterocycles. The van der Waals surface area contributed by atoms with Crippen LogP contribution in [0.15, 0.2) is 4.90 Å². The number of rotatable bonds is 6. The Morgan fingerprint density at radius 2 is 1.26 bits per heavy atom. The number of halogens is 8. The minimum Gasteiger partial charge on any atom is -0.744 e. The zero-order valence-corrected chi connectivity index (χ0v) is 24.8. The smallest absolute Gasteiger partial charge is 0.349 e. The molecule has 0 spiro atoms. The summed E-state index contributed by atoms with van der Waals surface area (Å²) in [6.07, 6.45) is 0. The Bertz CT molecular complexity index is 1340. The topological polar surface area (TPSA) is 147 Å². The van der Waals surface area contributed by atoms with Gasteiger partial charge < -0.3 is 19.1 Å². The highest BCUT2D eigenvalue weighted by molar-refractivity contribution is 14.1. The van der Waals surface area contributed by atoms with Gasteiger partial charge in [-0.3, -0.25) is 0 Å². The second-order valence-electron chi connectivity index (χ2n) is 5.73. The third-order valence-corrected chi connectivity index (χ3v) is 11.9. The van der Waals surface area contributed by atoms with Gasteiger partial charge in [-0.1, -0.05) is 0 Å². The van der Waals surface area contributed by atoms with Crippen molar-refractivity contribution in [1.29, 1.82) is 0 Å². The van der Waals surface area contributed by atoms with Crippen LogP contribution in [-0.4, -0.2) is 42.6 Å². The maximum absolute atomic E-state index is 13.9. The van der Waals surface area contributed by atoms with E-state index >= 15 is 0 Å². The summed E-state index contributed by atoms with van der Waals surface area (Å²) in [4.78, 5) is 33.5. The van der Waals surface area contributed by atoms with Crippen LogP contribution in [0, 0.1) is 37.5 Å². The van der Waals surface area contributed by atoms with Crippen molar-refractivity contribution in [3.63, 3.8) is 0 Å². The van der Waals surface area contributed by atoms with Crippen molar-refractivity contribution in [2.45, 2.75) is 4.90 Å². The summed E-state index contributed by atoms with van der Waals surface area (Å²) in [5, 5.41) is 9.47. The van der Waals surface area contributed by atoms with E-state index in [-0.39, 0.29) is 7.14 Å². The maximum Gasteiger partial charge on any atom is 0.349 e. The molecule has 0 saturated carbocycles. The molecule has 2 aromatic carbocycles. The van der Waals surface area contributed by atoms with Crippen LogP contribution in [0.5, 0.6) is 5.75 Å². The first-order valence-electron chi connectivity index (χ1n) is 7.81. The predicted molar refractivity (Wildman–Crippen MR) is 134 cm³/mol. The van der Waals surface area contributed by atoms with E-state index in [1.807, 2.05) is 45.2 Å². The van der Waals surface area contributed by atoms with Crippen molar-refractivity contribution in [3.8, 4) is 5.75 Å². The van der Waals surface area contributed by atoms with Crippen LogP contribution in [-0.2, 0) is 19.6 Å². The molecular formula is C16H3F4I4O9S-. The Balaban J connectivity index is 2.35. The van der Waals surface area contributed by atoms with Crippen LogP contribution < -0.4 is 4.74 Å². The molecule has 0 aliphatic carbocycles. The fourth-order valence-corrected chi connectivity index (χ4v) is 6.52. The Kier molecular flexibility index (Phi) is 9.76. The largest absolute Gasteiger partial charge is 0.744 e. The van der Waals surface area contributed by atoms with Gasteiger partial charge in [-0.15, -0.1) is 0 Å². The fraction of sp³-hybridized carbons (Fsp3) is 0.0625. The number of benzene rings is 2. The first-order valence-corrected chi connectivity index (χ1v) is 13.5. The van der Waals surface area contributed by atoms with Crippen molar-refractivity contribution < 1.29 is 59.5 Å². The summed E-state index contributed by atoms with van der Waals surface area (Å²) < 4.78 is 98.0. The van der Waals surface area contributed by atoms with Gasteiger partial charge in [-0.05, 0) is 90.4 Å². The second kappa shape index (κ2) is 11.2. The van der Waals surface area contributed by atoms with E-state index in [1.54, 1.807) is 45.2 Å². The molecule has 184 valence electrons. The molecule has 0 aliphatic heterocycles. The summed E-state index contributed by atoms with van der Waals surface area (Å²) in [5.41, 5.74) is -0.876. The van der Waals surface area contributed by atoms with Crippen molar-refractivity contribution in [1.82, 2.24) is 0 Å². The van der Waals surface area contributed by atoms with Crippen molar-refractivity contribution in [3.05, 3.63) is 48.7 Å². The van der Waals surface area contributed by atoms with Crippen molar-refractivity contribution in [2.24, 2.45) is 0 Å². The lowest BCUT2D eigenvalue weighted by Crippen LogP contribution is -2.23. The molecular weight excluding hydrogens is 952 g/mol. The minimum absolute atomic E-state index is 0.162. The number of esters is 2. The average molecular weight is 955 g/mol. The molecule has 0 aromatic heterocycles. The van der Waals surface area contributed by atoms with Crippen LogP contribution in [0.2, 0.25) is 0 Å². The number of ether oxygens (including phenoxy) is 2. The molecule has 0 bridgehead atoms. The molecule has 0 atom stereocenters. The van der Waals surface area contributed by atoms with E-state index in [1.165, 1.54) is 0 Å². The van der Waals surface area contributed by atoms with Crippen LogP contribution in [0.3, 0.4) is 0 Å². The predicted octanol–water partition coefficient (Wildman–Crippen LogP) is 4.03. The standard InChI is InChI=1S/C16H4F4I4O9S/c17-5-7(19)14(34(29,30)31)8(20)6(18)13(5)33-2(25)1-32-16(28)4-3(15(26)27)9(21)11(23)12(24)10(4)22/h1H2,(H,26,27)(H,29,30,31)/p-1. The highest BCUT2D eigenvalue weighted by atomic mass is 127. The summed E-state index contributed by atoms with van der Waals surface area (Å²) in [5.74, 6) is -16.9. The molecule has 0 aliphatic rings. The van der Waals surface area contributed by atoms with Gasteiger partial charge in [-0.25, -0.2) is 31.6 Å². The molecule has 0 saturated heterocycles.